The average molecular weight is 246 g/mol. The zero-order valence-corrected chi connectivity index (χ0v) is 9.81. The molecule has 0 N–H and O–H groups in total. The lowest BCUT2D eigenvalue weighted by Gasteiger charge is -2.16. The maximum atomic E-state index is 12.7. The van der Waals surface area contributed by atoms with Crippen LogP contribution in [-0.2, 0) is 6.18 Å². The summed E-state index contributed by atoms with van der Waals surface area (Å²) in [6.07, 6.45) is -4.53. The van der Waals surface area contributed by atoms with Crippen molar-refractivity contribution in [3.8, 4) is 5.75 Å². The van der Waals surface area contributed by atoms with E-state index in [-0.39, 0.29) is 11.1 Å². The molecular formula is C12H13F3O2. The first-order valence-corrected chi connectivity index (χ1v) is 5.13. The van der Waals surface area contributed by atoms with E-state index < -0.39 is 17.5 Å². The van der Waals surface area contributed by atoms with E-state index >= 15 is 0 Å². The molecule has 0 spiro atoms. The SMILES string of the molecule is CCOc1ccc(C(F)(F)F)c(C(C)=O)c1C. The summed E-state index contributed by atoms with van der Waals surface area (Å²) in [5.41, 5.74) is -0.997. The van der Waals surface area contributed by atoms with Crippen LogP contribution < -0.4 is 4.74 Å². The van der Waals surface area contributed by atoms with Crippen LogP contribution in [0, 0.1) is 6.92 Å². The van der Waals surface area contributed by atoms with Gasteiger partial charge in [0.2, 0.25) is 0 Å². The number of Topliss-reactive ketones (excluding diaryl/α,β-unsaturated/α-hetero) is 1. The third kappa shape index (κ3) is 2.78. The van der Waals surface area contributed by atoms with Crippen molar-refractivity contribution in [1.29, 1.82) is 0 Å². The maximum Gasteiger partial charge on any atom is 0.417 e. The van der Waals surface area contributed by atoms with Crippen molar-refractivity contribution in [2.45, 2.75) is 26.9 Å². The zero-order valence-electron chi connectivity index (χ0n) is 9.81. The number of alkyl halides is 3. The summed E-state index contributed by atoms with van der Waals surface area (Å²) in [6.45, 7) is 4.64. The van der Waals surface area contributed by atoms with E-state index in [0.29, 0.717) is 12.4 Å². The molecule has 1 aromatic rings. The second-order valence-corrected chi connectivity index (χ2v) is 3.60. The Morgan fingerprint density at radius 3 is 2.35 bits per heavy atom. The fourth-order valence-electron chi connectivity index (χ4n) is 1.69. The van der Waals surface area contributed by atoms with Gasteiger partial charge in [-0.1, -0.05) is 0 Å². The van der Waals surface area contributed by atoms with Gasteiger partial charge in [0, 0.05) is 11.1 Å². The zero-order chi connectivity index (χ0) is 13.2. The molecule has 17 heavy (non-hydrogen) atoms. The molecule has 0 aliphatic rings. The molecule has 0 atom stereocenters. The minimum atomic E-state index is -4.53. The number of hydrogen-bond donors (Lipinski definition) is 0. The van der Waals surface area contributed by atoms with Gasteiger partial charge in [0.25, 0.3) is 0 Å². The maximum absolute atomic E-state index is 12.7. The summed E-state index contributed by atoms with van der Waals surface area (Å²) < 4.78 is 43.3. The van der Waals surface area contributed by atoms with Crippen LogP contribution in [0.5, 0.6) is 5.75 Å². The van der Waals surface area contributed by atoms with Crippen molar-refractivity contribution in [3.05, 3.63) is 28.8 Å². The van der Waals surface area contributed by atoms with E-state index in [2.05, 4.69) is 0 Å². The summed E-state index contributed by atoms with van der Waals surface area (Å²) in [5.74, 6) is -0.304. The van der Waals surface area contributed by atoms with Gasteiger partial charge in [-0.25, -0.2) is 0 Å². The van der Waals surface area contributed by atoms with Gasteiger partial charge in [-0.2, -0.15) is 13.2 Å². The van der Waals surface area contributed by atoms with E-state index in [1.54, 1.807) is 6.92 Å². The Kier molecular flexibility index (Phi) is 3.80. The fraction of sp³-hybridized carbons (Fsp3) is 0.417. The molecule has 0 saturated heterocycles. The minimum Gasteiger partial charge on any atom is -0.494 e. The highest BCUT2D eigenvalue weighted by atomic mass is 19.4. The van der Waals surface area contributed by atoms with Gasteiger partial charge in [0.05, 0.1) is 12.2 Å². The van der Waals surface area contributed by atoms with Gasteiger partial charge in [0.15, 0.2) is 5.78 Å². The average Bonchev–Trinajstić information content (AvgIpc) is 2.18. The van der Waals surface area contributed by atoms with Gasteiger partial charge in [0.1, 0.15) is 5.75 Å². The first kappa shape index (κ1) is 13.5. The van der Waals surface area contributed by atoms with Crippen LogP contribution in [0.4, 0.5) is 13.2 Å². The topological polar surface area (TPSA) is 26.3 Å². The van der Waals surface area contributed by atoms with Crippen molar-refractivity contribution in [2.24, 2.45) is 0 Å². The number of carbonyl (C=O) groups is 1. The Morgan fingerprint density at radius 2 is 1.94 bits per heavy atom. The third-order valence-electron chi connectivity index (χ3n) is 2.37. The molecule has 5 heteroatoms. The predicted octanol–water partition coefficient (Wildman–Crippen LogP) is 3.62. The molecule has 0 amide bonds. The number of ketones is 1. The molecule has 94 valence electrons. The highest BCUT2D eigenvalue weighted by molar-refractivity contribution is 5.97. The van der Waals surface area contributed by atoms with Gasteiger partial charge < -0.3 is 4.74 Å². The second kappa shape index (κ2) is 4.77. The molecule has 0 aliphatic heterocycles. The summed E-state index contributed by atoms with van der Waals surface area (Å²) in [7, 11) is 0. The number of halogens is 3. The summed E-state index contributed by atoms with van der Waals surface area (Å²) in [6, 6.07) is 2.13. The van der Waals surface area contributed by atoms with E-state index in [1.807, 2.05) is 0 Å². The highest BCUT2D eigenvalue weighted by Gasteiger charge is 2.35. The number of benzene rings is 1. The van der Waals surface area contributed by atoms with Crippen LogP contribution in [0.1, 0.15) is 35.3 Å². The summed E-state index contributed by atoms with van der Waals surface area (Å²) in [5, 5.41) is 0. The smallest absolute Gasteiger partial charge is 0.417 e. The van der Waals surface area contributed by atoms with Crippen LogP contribution >= 0.6 is 0 Å². The van der Waals surface area contributed by atoms with Crippen molar-refractivity contribution < 1.29 is 22.7 Å². The van der Waals surface area contributed by atoms with Crippen molar-refractivity contribution in [1.82, 2.24) is 0 Å². The molecule has 0 aromatic heterocycles. The van der Waals surface area contributed by atoms with Crippen molar-refractivity contribution in [2.75, 3.05) is 6.61 Å². The van der Waals surface area contributed by atoms with E-state index in [9.17, 15) is 18.0 Å². The van der Waals surface area contributed by atoms with Crippen molar-refractivity contribution in [3.63, 3.8) is 0 Å². The van der Waals surface area contributed by atoms with Crippen LogP contribution in [-0.4, -0.2) is 12.4 Å². The lowest BCUT2D eigenvalue weighted by atomic mass is 9.97. The number of rotatable bonds is 3. The molecule has 2 nitrogen and oxygen atoms in total. The summed E-state index contributed by atoms with van der Waals surface area (Å²) in [4.78, 5) is 11.3. The molecule has 0 aliphatic carbocycles. The Hall–Kier alpha value is -1.52. The van der Waals surface area contributed by atoms with Crippen LogP contribution in [0.3, 0.4) is 0 Å². The van der Waals surface area contributed by atoms with Crippen LogP contribution in [0.25, 0.3) is 0 Å². The summed E-state index contributed by atoms with van der Waals surface area (Å²) >= 11 is 0. The first-order chi connectivity index (χ1) is 7.79. The highest BCUT2D eigenvalue weighted by Crippen LogP contribution is 2.36. The quantitative estimate of drug-likeness (QED) is 0.761. The fourth-order valence-corrected chi connectivity index (χ4v) is 1.69. The number of carbonyl (C=O) groups excluding carboxylic acids is 1. The normalized spacial score (nSPS) is 11.4. The van der Waals surface area contributed by atoms with Gasteiger partial charge >= 0.3 is 6.18 Å². The molecule has 1 aromatic carbocycles. The molecule has 0 heterocycles. The van der Waals surface area contributed by atoms with Crippen LogP contribution in [0.15, 0.2) is 12.1 Å². The Balaban J connectivity index is 3.45. The van der Waals surface area contributed by atoms with E-state index in [0.717, 1.165) is 13.0 Å². The predicted molar refractivity (Wildman–Crippen MR) is 57.4 cm³/mol. The van der Waals surface area contributed by atoms with Crippen LogP contribution in [0.2, 0.25) is 0 Å². The van der Waals surface area contributed by atoms with E-state index in [1.165, 1.54) is 13.0 Å². The number of hydrogen-bond acceptors (Lipinski definition) is 2. The van der Waals surface area contributed by atoms with E-state index in [4.69, 9.17) is 4.74 Å². The molecule has 0 unspecified atom stereocenters. The third-order valence-corrected chi connectivity index (χ3v) is 2.37. The lowest BCUT2D eigenvalue weighted by molar-refractivity contribution is -0.138. The Bertz CT molecular complexity index is 436. The first-order valence-electron chi connectivity index (χ1n) is 5.13. The lowest BCUT2D eigenvalue weighted by Crippen LogP contribution is -2.14. The molecule has 0 radical (unpaired) electrons. The van der Waals surface area contributed by atoms with Gasteiger partial charge in [-0.3, -0.25) is 4.79 Å². The minimum absolute atomic E-state index is 0.231. The largest absolute Gasteiger partial charge is 0.494 e. The monoisotopic (exact) mass is 246 g/mol. The Labute approximate surface area is 97.4 Å². The molecule has 0 fully saturated rings. The Morgan fingerprint density at radius 1 is 1.35 bits per heavy atom. The van der Waals surface area contributed by atoms with Crippen molar-refractivity contribution >= 4 is 5.78 Å². The van der Waals surface area contributed by atoms with Gasteiger partial charge in [-0.05, 0) is 32.9 Å². The van der Waals surface area contributed by atoms with Gasteiger partial charge in [-0.15, -0.1) is 0 Å². The molecule has 0 bridgehead atoms. The standard InChI is InChI=1S/C12H13F3O2/c1-4-17-10-6-5-9(12(13,14)15)11(7(10)2)8(3)16/h5-6H,4H2,1-3H3. The second-order valence-electron chi connectivity index (χ2n) is 3.60. The number of ether oxygens (including phenoxy) is 1. The molecule has 1 rings (SSSR count). The molecule has 0 saturated carbocycles. The molecular weight excluding hydrogens is 233 g/mol.